The number of hydrogen-bond donors (Lipinski definition) is 3. The van der Waals surface area contributed by atoms with E-state index in [1.807, 2.05) is 20.8 Å². The molecule has 1 saturated heterocycles. The second-order valence-electron chi connectivity index (χ2n) is 7.51. The number of rotatable bonds is 3. The van der Waals surface area contributed by atoms with Crippen molar-refractivity contribution in [3.8, 4) is 11.5 Å². The molecule has 4 N–H and O–H groups in total. The van der Waals surface area contributed by atoms with Gasteiger partial charge >= 0.3 is 18.0 Å². The van der Waals surface area contributed by atoms with Crippen molar-refractivity contribution in [2.45, 2.75) is 32.2 Å². The first-order chi connectivity index (χ1) is 11.8. The summed E-state index contributed by atoms with van der Waals surface area (Å²) in [6.07, 6.45) is 0. The predicted molar refractivity (Wildman–Crippen MR) is 93.3 cm³/mol. The van der Waals surface area contributed by atoms with Gasteiger partial charge in [0.05, 0.1) is 19.8 Å². The molecule has 9 nitrogen and oxygen atoms in total. The summed E-state index contributed by atoms with van der Waals surface area (Å²) in [6, 6.07) is -0.159. The average Bonchev–Trinajstić information content (AvgIpc) is 2.80. The van der Waals surface area contributed by atoms with Gasteiger partial charge in [-0.3, -0.25) is 0 Å². The van der Waals surface area contributed by atoms with Crippen LogP contribution in [0.1, 0.15) is 26.3 Å². The number of hydrogen-bond acceptors (Lipinski definition) is 5. The Morgan fingerprint density at radius 3 is 2.35 bits per heavy atom. The molecule has 0 radical (unpaired) electrons. The van der Waals surface area contributed by atoms with Gasteiger partial charge in [0.2, 0.25) is 0 Å². The second kappa shape index (κ2) is 6.17. The summed E-state index contributed by atoms with van der Waals surface area (Å²) < 4.78 is 4.34. The van der Waals surface area contributed by atoms with E-state index in [1.54, 1.807) is 6.07 Å². The van der Waals surface area contributed by atoms with E-state index < -0.39 is 34.0 Å². The van der Waals surface area contributed by atoms with E-state index in [2.05, 4.69) is 0 Å². The minimum absolute atomic E-state index is 0.0326. The number of likely N-dealkylation sites (N-methyl/N-ethyl adjacent to an activating group) is 1. The van der Waals surface area contributed by atoms with E-state index >= 15 is 0 Å². The number of primary amides is 1. The molecule has 1 aromatic carbocycles. The number of anilines is 1. The highest BCUT2D eigenvalue weighted by atomic mass is 16.5. The van der Waals surface area contributed by atoms with E-state index in [-0.39, 0.29) is 18.0 Å². The van der Waals surface area contributed by atoms with E-state index in [0.717, 1.165) is 4.90 Å². The Morgan fingerprint density at radius 2 is 1.92 bits per heavy atom. The fraction of sp³-hybridized carbons (Fsp3) is 0.471. The summed E-state index contributed by atoms with van der Waals surface area (Å²) in [5.74, 6) is -1.20. The normalized spacial score (nSPS) is 23.2. The predicted octanol–water partition coefficient (Wildman–Crippen LogP) is 1.62. The highest BCUT2D eigenvalue weighted by molar-refractivity contribution is 6.02. The molecule has 2 rings (SSSR count). The lowest BCUT2D eigenvalue weighted by Gasteiger charge is -2.26. The van der Waals surface area contributed by atoms with Crippen molar-refractivity contribution in [1.82, 2.24) is 0 Å². The van der Waals surface area contributed by atoms with E-state index in [1.165, 1.54) is 20.2 Å². The molecule has 2 atom stereocenters. The molecule has 1 aliphatic heterocycles. The molecule has 26 heavy (non-hydrogen) atoms. The van der Waals surface area contributed by atoms with Gasteiger partial charge < -0.3 is 20.7 Å². The summed E-state index contributed by atoms with van der Waals surface area (Å²) in [4.78, 5) is 37.3. The first kappa shape index (κ1) is 19.5. The largest absolute Gasteiger partial charge is 0.505 e. The maximum Gasteiger partial charge on any atom is 0.433 e. The Morgan fingerprint density at radius 1 is 1.35 bits per heavy atom. The molecule has 0 aromatic heterocycles. The van der Waals surface area contributed by atoms with Gasteiger partial charge in [-0.15, -0.1) is 0 Å². The lowest BCUT2D eigenvalue weighted by Crippen LogP contribution is -2.55. The number of ether oxygens (including phenoxy) is 1. The molecule has 0 spiro atoms. The van der Waals surface area contributed by atoms with Crippen molar-refractivity contribution in [3.05, 3.63) is 17.7 Å². The molecule has 1 aliphatic rings. The Kier molecular flexibility index (Phi) is 4.63. The van der Waals surface area contributed by atoms with Crippen molar-refractivity contribution >= 4 is 23.7 Å². The molecular formula is C17H24N3O6+. The third kappa shape index (κ3) is 2.94. The third-order valence-electron chi connectivity index (χ3n) is 4.62. The van der Waals surface area contributed by atoms with Crippen LogP contribution in [0.4, 0.5) is 15.3 Å². The number of carboxylic acids is 1. The Labute approximate surface area is 151 Å². The number of urea groups is 2. The van der Waals surface area contributed by atoms with E-state index in [9.17, 15) is 24.6 Å². The minimum atomic E-state index is -1.36. The zero-order valence-corrected chi connectivity index (χ0v) is 15.4. The number of phenols is 1. The van der Waals surface area contributed by atoms with Crippen molar-refractivity contribution in [2.75, 3.05) is 25.6 Å². The topological polar surface area (TPSA) is 130 Å². The van der Waals surface area contributed by atoms with Crippen molar-refractivity contribution < 1.29 is 33.8 Å². The fourth-order valence-electron chi connectivity index (χ4n) is 2.99. The van der Waals surface area contributed by atoms with Gasteiger partial charge in [-0.25, -0.2) is 19.3 Å². The Hall–Kier alpha value is -2.81. The minimum Gasteiger partial charge on any atom is -0.505 e. The van der Waals surface area contributed by atoms with Crippen LogP contribution in [0.15, 0.2) is 12.1 Å². The van der Waals surface area contributed by atoms with Gasteiger partial charge in [0, 0.05) is 11.6 Å². The number of quaternary nitrogens is 1. The van der Waals surface area contributed by atoms with Crippen LogP contribution in [-0.4, -0.2) is 59.5 Å². The molecule has 0 bridgehead atoms. The number of carbonyl (C=O) groups is 3. The number of nitrogens with zero attached hydrogens (tertiary/aromatic N) is 2. The smallest absolute Gasteiger partial charge is 0.433 e. The zero-order chi connectivity index (χ0) is 20.0. The Balaban J connectivity index is 2.74. The molecule has 4 amide bonds. The first-order valence-electron chi connectivity index (χ1n) is 7.98. The summed E-state index contributed by atoms with van der Waals surface area (Å²) in [5, 5.41) is 20.3. The monoisotopic (exact) mass is 366 g/mol. The standard InChI is InChI=1S/C17H23N3O6/c1-17(2,3)10-6-9(26-5)7-11(13(10)21)19-12(14(22)23)8-20(4,15(18)24)16(19)25/h6-7,12H,8H2,1-5H3,(H3-,18,21,22,23,24)/p+1/t12-,20?/m0/s1. The van der Waals surface area contributed by atoms with Gasteiger partial charge in [-0.2, -0.15) is 4.48 Å². The second-order valence-corrected chi connectivity index (χ2v) is 7.51. The summed E-state index contributed by atoms with van der Waals surface area (Å²) >= 11 is 0. The first-order valence-corrected chi connectivity index (χ1v) is 7.98. The van der Waals surface area contributed by atoms with Crippen LogP contribution in [-0.2, 0) is 10.2 Å². The van der Waals surface area contributed by atoms with Crippen LogP contribution in [0.3, 0.4) is 0 Å². The third-order valence-corrected chi connectivity index (χ3v) is 4.62. The Bertz CT molecular complexity index is 785. The van der Waals surface area contributed by atoms with E-state index in [0.29, 0.717) is 11.3 Å². The molecule has 1 heterocycles. The zero-order valence-electron chi connectivity index (χ0n) is 15.4. The average molecular weight is 366 g/mol. The van der Waals surface area contributed by atoms with Gasteiger partial charge in [0.15, 0.2) is 6.04 Å². The van der Waals surface area contributed by atoms with Crippen molar-refractivity contribution in [1.29, 1.82) is 0 Å². The highest BCUT2D eigenvalue weighted by Gasteiger charge is 2.58. The summed E-state index contributed by atoms with van der Waals surface area (Å²) in [7, 11) is 2.68. The number of aliphatic carboxylic acids is 1. The van der Waals surface area contributed by atoms with Crippen molar-refractivity contribution in [3.63, 3.8) is 0 Å². The van der Waals surface area contributed by atoms with Gasteiger partial charge in [0.1, 0.15) is 18.0 Å². The van der Waals surface area contributed by atoms with Crippen LogP contribution >= 0.6 is 0 Å². The number of nitrogens with two attached hydrogens (primary N) is 1. The maximum atomic E-state index is 12.9. The number of phenolic OH excluding ortho intramolecular Hbond substituents is 1. The number of amides is 4. The van der Waals surface area contributed by atoms with Gasteiger partial charge in [-0.05, 0) is 11.5 Å². The van der Waals surface area contributed by atoms with Crippen molar-refractivity contribution in [2.24, 2.45) is 5.73 Å². The molecule has 1 unspecified atom stereocenters. The van der Waals surface area contributed by atoms with Crippen LogP contribution < -0.4 is 15.4 Å². The number of aromatic hydroxyl groups is 1. The molecule has 142 valence electrons. The molecule has 0 aliphatic carbocycles. The lowest BCUT2D eigenvalue weighted by atomic mass is 9.85. The number of benzene rings is 1. The SMILES string of the molecule is COc1cc(N2C(=O)[N+](C)(C(N)=O)C[C@H]2C(=O)O)c(O)c(C(C)(C)C)c1. The maximum absolute atomic E-state index is 12.9. The van der Waals surface area contributed by atoms with Gasteiger partial charge in [-0.1, -0.05) is 20.8 Å². The lowest BCUT2D eigenvalue weighted by molar-refractivity contribution is -0.733. The van der Waals surface area contributed by atoms with Crippen LogP contribution in [0, 0.1) is 0 Å². The fourth-order valence-corrected chi connectivity index (χ4v) is 2.99. The quantitative estimate of drug-likeness (QED) is 0.697. The molecule has 1 fully saturated rings. The number of carboxylic acid groups (broad SMARTS) is 1. The molecule has 0 saturated carbocycles. The molecule has 1 aromatic rings. The summed E-state index contributed by atoms with van der Waals surface area (Å²) in [6.45, 7) is 5.23. The molecular weight excluding hydrogens is 342 g/mol. The van der Waals surface area contributed by atoms with Crippen LogP contribution in [0.25, 0.3) is 0 Å². The number of imide groups is 1. The number of carbonyl (C=O) groups excluding carboxylic acids is 2. The van der Waals surface area contributed by atoms with Crippen LogP contribution in [0.5, 0.6) is 11.5 Å². The van der Waals surface area contributed by atoms with Gasteiger partial charge in [0.25, 0.3) is 0 Å². The van der Waals surface area contributed by atoms with E-state index in [4.69, 9.17) is 10.5 Å². The van der Waals surface area contributed by atoms with Crippen LogP contribution in [0.2, 0.25) is 0 Å². The number of methoxy groups -OCH3 is 1. The highest BCUT2D eigenvalue weighted by Crippen LogP contribution is 2.44. The molecule has 9 heteroatoms. The summed E-state index contributed by atoms with van der Waals surface area (Å²) in [5.41, 5.74) is 5.26.